The lowest BCUT2D eigenvalue weighted by atomic mass is 10.0. The van der Waals surface area contributed by atoms with Gasteiger partial charge in [0.05, 0.1) is 22.8 Å². The van der Waals surface area contributed by atoms with E-state index in [1.807, 2.05) is 24.3 Å². The van der Waals surface area contributed by atoms with Gasteiger partial charge in [0.1, 0.15) is 0 Å². The zero-order valence-electron chi connectivity index (χ0n) is 14.9. The number of pyridine rings is 1. The molecule has 2 N–H and O–H groups in total. The highest BCUT2D eigenvalue weighted by Gasteiger charge is 2.27. The maximum absolute atomic E-state index is 12.5. The van der Waals surface area contributed by atoms with Gasteiger partial charge in [-0.25, -0.2) is 8.42 Å². The third-order valence-electron chi connectivity index (χ3n) is 4.44. The van der Waals surface area contributed by atoms with Crippen molar-refractivity contribution in [2.75, 3.05) is 22.1 Å². The monoisotopic (exact) mass is 373 g/mol. The molecule has 0 saturated carbocycles. The quantitative estimate of drug-likeness (QED) is 0.841. The second kappa shape index (κ2) is 7.45. The maximum atomic E-state index is 12.5. The number of carbonyl (C=O) groups is 1. The lowest BCUT2D eigenvalue weighted by molar-refractivity contribution is 0.102. The highest BCUT2D eigenvalue weighted by atomic mass is 32.2. The molecule has 26 heavy (non-hydrogen) atoms. The Morgan fingerprint density at radius 3 is 2.50 bits per heavy atom. The molecule has 0 spiro atoms. The third-order valence-corrected chi connectivity index (χ3v) is 6.21. The van der Waals surface area contributed by atoms with Gasteiger partial charge < -0.3 is 10.6 Å². The van der Waals surface area contributed by atoms with Gasteiger partial charge in [0.2, 0.25) is 0 Å². The first-order valence-electron chi connectivity index (χ1n) is 8.66. The van der Waals surface area contributed by atoms with Crippen molar-refractivity contribution in [2.45, 2.75) is 32.2 Å². The summed E-state index contributed by atoms with van der Waals surface area (Å²) in [6.45, 7) is 4.24. The van der Waals surface area contributed by atoms with Crippen LogP contribution in [0.5, 0.6) is 0 Å². The predicted molar refractivity (Wildman–Crippen MR) is 103 cm³/mol. The van der Waals surface area contributed by atoms with Crippen molar-refractivity contribution in [1.29, 1.82) is 0 Å². The molecule has 0 bridgehead atoms. The predicted octanol–water partition coefficient (Wildman–Crippen LogP) is 3.06. The van der Waals surface area contributed by atoms with Crippen molar-refractivity contribution in [3.8, 4) is 0 Å². The maximum Gasteiger partial charge on any atom is 0.257 e. The fourth-order valence-electron chi connectivity index (χ4n) is 2.94. The smallest absolute Gasteiger partial charge is 0.257 e. The summed E-state index contributed by atoms with van der Waals surface area (Å²) in [6.07, 6.45) is 3.66. The minimum atomic E-state index is -2.95. The zero-order chi connectivity index (χ0) is 18.7. The largest absolute Gasteiger partial charge is 0.380 e. The van der Waals surface area contributed by atoms with Crippen molar-refractivity contribution in [3.05, 3.63) is 53.9 Å². The highest BCUT2D eigenvalue weighted by molar-refractivity contribution is 7.91. The Hall–Kier alpha value is -2.41. The number of sulfone groups is 1. The molecule has 1 atom stereocenters. The molecule has 1 unspecified atom stereocenters. The Kier molecular flexibility index (Phi) is 5.27. The molecule has 3 rings (SSSR count). The van der Waals surface area contributed by atoms with E-state index in [0.717, 1.165) is 5.69 Å². The zero-order valence-corrected chi connectivity index (χ0v) is 15.7. The number of hydrogen-bond donors (Lipinski definition) is 2. The van der Waals surface area contributed by atoms with Crippen molar-refractivity contribution in [1.82, 2.24) is 4.98 Å². The van der Waals surface area contributed by atoms with E-state index in [9.17, 15) is 13.2 Å². The van der Waals surface area contributed by atoms with Gasteiger partial charge in [-0.3, -0.25) is 9.78 Å². The van der Waals surface area contributed by atoms with Gasteiger partial charge in [0.15, 0.2) is 9.84 Å². The molecule has 1 aliphatic rings. The van der Waals surface area contributed by atoms with Crippen molar-refractivity contribution >= 4 is 27.1 Å². The van der Waals surface area contributed by atoms with Gasteiger partial charge in [-0.1, -0.05) is 26.0 Å². The average Bonchev–Trinajstić information content (AvgIpc) is 2.94. The SMILES string of the molecule is CC(C)c1ccc(NC(=O)c2cncc(NC3CCS(=O)(=O)C3)c2)cc1. The van der Waals surface area contributed by atoms with Crippen LogP contribution in [0.15, 0.2) is 42.7 Å². The van der Waals surface area contributed by atoms with E-state index >= 15 is 0 Å². The summed E-state index contributed by atoms with van der Waals surface area (Å²) in [7, 11) is -2.95. The fraction of sp³-hybridized carbons (Fsp3) is 0.368. The number of amides is 1. The molecule has 138 valence electrons. The second-order valence-corrected chi connectivity index (χ2v) is 9.17. The fourth-order valence-corrected chi connectivity index (χ4v) is 4.62. The number of benzene rings is 1. The van der Waals surface area contributed by atoms with Crippen LogP contribution in [-0.4, -0.2) is 36.9 Å². The van der Waals surface area contributed by atoms with Gasteiger partial charge in [-0.15, -0.1) is 0 Å². The molecule has 1 saturated heterocycles. The van der Waals surface area contributed by atoms with Crippen LogP contribution in [0.3, 0.4) is 0 Å². The summed E-state index contributed by atoms with van der Waals surface area (Å²) in [4.78, 5) is 16.5. The van der Waals surface area contributed by atoms with Gasteiger partial charge in [0, 0.05) is 24.1 Å². The molecule has 0 radical (unpaired) electrons. The van der Waals surface area contributed by atoms with Crippen LogP contribution in [0.2, 0.25) is 0 Å². The number of carbonyl (C=O) groups excluding carboxylic acids is 1. The summed E-state index contributed by atoms with van der Waals surface area (Å²) in [6, 6.07) is 9.31. The van der Waals surface area contributed by atoms with Gasteiger partial charge in [-0.2, -0.15) is 0 Å². The van der Waals surface area contributed by atoms with Gasteiger partial charge in [0.25, 0.3) is 5.91 Å². The summed E-state index contributed by atoms with van der Waals surface area (Å²) >= 11 is 0. The van der Waals surface area contributed by atoms with E-state index < -0.39 is 9.84 Å². The number of hydrogen-bond acceptors (Lipinski definition) is 5. The van der Waals surface area contributed by atoms with Crippen LogP contribution in [0, 0.1) is 0 Å². The molecule has 7 heteroatoms. The van der Waals surface area contributed by atoms with E-state index in [4.69, 9.17) is 0 Å². The Morgan fingerprint density at radius 1 is 1.15 bits per heavy atom. The highest BCUT2D eigenvalue weighted by Crippen LogP contribution is 2.20. The minimum Gasteiger partial charge on any atom is -0.380 e. The van der Waals surface area contributed by atoms with E-state index in [-0.39, 0.29) is 23.5 Å². The number of anilines is 2. The molecular weight excluding hydrogens is 350 g/mol. The molecular formula is C19H23N3O3S. The average molecular weight is 373 g/mol. The molecule has 2 aromatic rings. The van der Waals surface area contributed by atoms with Crippen LogP contribution in [0.1, 0.15) is 42.1 Å². The molecule has 1 amide bonds. The number of rotatable bonds is 5. The number of nitrogens with zero attached hydrogens (tertiary/aromatic N) is 1. The molecule has 6 nitrogen and oxygen atoms in total. The Bertz CT molecular complexity index is 893. The Balaban J connectivity index is 1.66. The lowest BCUT2D eigenvalue weighted by Gasteiger charge is -2.13. The Morgan fingerprint density at radius 2 is 1.88 bits per heavy atom. The Labute approximate surface area is 154 Å². The minimum absolute atomic E-state index is 0.117. The second-order valence-electron chi connectivity index (χ2n) is 6.94. The first-order valence-corrected chi connectivity index (χ1v) is 10.5. The number of aromatic nitrogens is 1. The van der Waals surface area contributed by atoms with Crippen molar-refractivity contribution < 1.29 is 13.2 Å². The van der Waals surface area contributed by atoms with E-state index in [1.165, 1.54) is 11.8 Å². The molecule has 1 aliphatic heterocycles. The van der Waals surface area contributed by atoms with Crippen LogP contribution >= 0.6 is 0 Å². The molecule has 1 aromatic heterocycles. The van der Waals surface area contributed by atoms with Gasteiger partial charge in [-0.05, 0) is 36.1 Å². The van der Waals surface area contributed by atoms with Crippen LogP contribution in [0.4, 0.5) is 11.4 Å². The third kappa shape index (κ3) is 4.60. The topological polar surface area (TPSA) is 88.2 Å². The van der Waals surface area contributed by atoms with Crippen LogP contribution in [0.25, 0.3) is 0 Å². The van der Waals surface area contributed by atoms with E-state index in [2.05, 4.69) is 29.5 Å². The van der Waals surface area contributed by atoms with Crippen LogP contribution < -0.4 is 10.6 Å². The summed E-state index contributed by atoms with van der Waals surface area (Å²) < 4.78 is 23.1. The standard InChI is InChI=1S/C19H23N3O3S/c1-13(2)14-3-5-16(6-4-14)22-19(23)15-9-18(11-20-10-15)21-17-7-8-26(24,25)12-17/h3-6,9-11,13,17,21H,7-8,12H2,1-2H3,(H,22,23). The van der Waals surface area contributed by atoms with E-state index in [1.54, 1.807) is 12.3 Å². The molecule has 2 heterocycles. The molecule has 1 aromatic carbocycles. The van der Waals surface area contributed by atoms with E-state index in [0.29, 0.717) is 23.6 Å². The summed E-state index contributed by atoms with van der Waals surface area (Å²) in [5.41, 5.74) is 3.00. The first-order chi connectivity index (χ1) is 12.3. The molecule has 1 fully saturated rings. The lowest BCUT2D eigenvalue weighted by Crippen LogP contribution is -2.21. The van der Waals surface area contributed by atoms with Crippen molar-refractivity contribution in [2.24, 2.45) is 0 Å². The summed E-state index contributed by atoms with van der Waals surface area (Å²) in [5, 5.41) is 6.01. The normalized spacial score (nSPS) is 18.7. The van der Waals surface area contributed by atoms with Gasteiger partial charge >= 0.3 is 0 Å². The van der Waals surface area contributed by atoms with Crippen molar-refractivity contribution in [3.63, 3.8) is 0 Å². The summed E-state index contributed by atoms with van der Waals surface area (Å²) in [5.74, 6) is 0.500. The van der Waals surface area contributed by atoms with Crippen LogP contribution in [-0.2, 0) is 9.84 Å². The molecule has 0 aliphatic carbocycles. The first kappa shape index (κ1) is 18.4. The number of nitrogens with one attached hydrogen (secondary N) is 2.